The zero-order chi connectivity index (χ0) is 20.2. The first-order valence-corrected chi connectivity index (χ1v) is 9.17. The summed E-state index contributed by atoms with van der Waals surface area (Å²) < 4.78 is 11.6. The van der Waals surface area contributed by atoms with Crippen LogP contribution in [0.3, 0.4) is 0 Å². The third-order valence-electron chi connectivity index (χ3n) is 4.67. The van der Waals surface area contributed by atoms with Crippen LogP contribution in [-0.2, 0) is 11.3 Å². The summed E-state index contributed by atoms with van der Waals surface area (Å²) in [5.74, 6) is -0.000115. The summed E-state index contributed by atoms with van der Waals surface area (Å²) in [7, 11) is 0. The number of furan rings is 1. The van der Waals surface area contributed by atoms with Crippen LogP contribution in [0.15, 0.2) is 61.7 Å². The zero-order valence-corrected chi connectivity index (χ0v) is 15.6. The number of nitrogens with zero attached hydrogens (tertiary/aromatic N) is 3. The van der Waals surface area contributed by atoms with E-state index in [2.05, 4.69) is 14.9 Å². The van der Waals surface area contributed by atoms with Crippen LogP contribution in [0, 0.1) is 0 Å². The average Bonchev–Trinajstić information content (AvgIpc) is 3.25. The van der Waals surface area contributed by atoms with E-state index in [9.17, 15) is 14.7 Å². The van der Waals surface area contributed by atoms with Crippen molar-refractivity contribution in [3.63, 3.8) is 0 Å². The lowest BCUT2D eigenvalue weighted by Gasteiger charge is -2.28. The van der Waals surface area contributed by atoms with Crippen molar-refractivity contribution in [2.75, 3.05) is 31.2 Å². The van der Waals surface area contributed by atoms with Gasteiger partial charge in [0.1, 0.15) is 11.3 Å². The van der Waals surface area contributed by atoms with Crippen LogP contribution in [0.5, 0.6) is 5.88 Å². The highest BCUT2D eigenvalue weighted by Crippen LogP contribution is 2.21. The molecule has 150 valence electrons. The SMILES string of the molecule is O=c1[nH]c(=O)n(Cc2ccco2)c(O)c1C=Nc1ccc(N2CCOCC2)cc1. The fraction of sp³-hybridized carbons (Fsp3) is 0.250. The van der Waals surface area contributed by atoms with Crippen molar-refractivity contribution in [3.8, 4) is 5.88 Å². The smallest absolute Gasteiger partial charge is 0.331 e. The molecule has 4 rings (SSSR count). The molecule has 0 bridgehead atoms. The Labute approximate surface area is 165 Å². The van der Waals surface area contributed by atoms with Gasteiger partial charge in [0, 0.05) is 25.0 Å². The van der Waals surface area contributed by atoms with Crippen molar-refractivity contribution in [2.45, 2.75) is 6.54 Å². The maximum absolute atomic E-state index is 12.1. The molecule has 0 amide bonds. The molecule has 0 unspecified atom stereocenters. The van der Waals surface area contributed by atoms with Crippen molar-refractivity contribution in [2.24, 2.45) is 4.99 Å². The number of rotatable bonds is 5. The Morgan fingerprint density at radius 3 is 2.59 bits per heavy atom. The lowest BCUT2D eigenvalue weighted by atomic mass is 10.2. The predicted molar refractivity (Wildman–Crippen MR) is 108 cm³/mol. The molecule has 0 spiro atoms. The molecule has 9 nitrogen and oxygen atoms in total. The molecule has 9 heteroatoms. The van der Waals surface area contributed by atoms with Crippen LogP contribution >= 0.6 is 0 Å². The standard InChI is InChI=1S/C20H20N4O5/c25-18-17(19(26)24(20(27)22-18)13-16-2-1-9-29-16)12-21-14-3-5-15(6-4-14)23-7-10-28-11-8-23/h1-6,9,12,26H,7-8,10-11,13H2,(H,22,25,27). The molecule has 1 aliphatic rings. The van der Waals surface area contributed by atoms with Crippen molar-refractivity contribution in [1.82, 2.24) is 9.55 Å². The summed E-state index contributed by atoms with van der Waals surface area (Å²) in [4.78, 5) is 32.9. The number of H-pyrrole nitrogens is 1. The minimum absolute atomic E-state index is 0.0104. The summed E-state index contributed by atoms with van der Waals surface area (Å²) >= 11 is 0. The van der Waals surface area contributed by atoms with Crippen molar-refractivity contribution < 1.29 is 14.3 Å². The number of nitrogens with one attached hydrogen (secondary N) is 1. The lowest BCUT2D eigenvalue weighted by molar-refractivity contribution is 0.122. The average molecular weight is 396 g/mol. The van der Waals surface area contributed by atoms with Crippen LogP contribution in [-0.4, -0.2) is 47.2 Å². The van der Waals surface area contributed by atoms with Gasteiger partial charge in [-0.3, -0.25) is 19.3 Å². The number of ether oxygens (including phenoxy) is 1. The first-order chi connectivity index (χ1) is 14.1. The molecule has 3 heterocycles. The van der Waals surface area contributed by atoms with E-state index in [-0.39, 0.29) is 12.1 Å². The first kappa shape index (κ1) is 18.8. The molecular weight excluding hydrogens is 376 g/mol. The van der Waals surface area contributed by atoms with E-state index in [0.717, 1.165) is 23.3 Å². The van der Waals surface area contributed by atoms with E-state index < -0.39 is 17.1 Å². The third kappa shape index (κ3) is 4.14. The summed E-state index contributed by atoms with van der Waals surface area (Å²) in [5.41, 5.74) is 0.144. The fourth-order valence-electron chi connectivity index (χ4n) is 3.11. The van der Waals surface area contributed by atoms with Crippen LogP contribution in [0.4, 0.5) is 11.4 Å². The Hall–Kier alpha value is -3.59. The number of aliphatic imine (C=N–C) groups is 1. The largest absolute Gasteiger partial charge is 0.494 e. The molecule has 0 saturated carbocycles. The minimum Gasteiger partial charge on any atom is -0.494 e. The number of hydrogen-bond donors (Lipinski definition) is 2. The van der Waals surface area contributed by atoms with E-state index in [1.54, 1.807) is 12.1 Å². The second-order valence-corrected chi connectivity index (χ2v) is 6.54. The van der Waals surface area contributed by atoms with Gasteiger partial charge in [0.2, 0.25) is 5.88 Å². The number of aromatic amines is 1. The molecule has 0 radical (unpaired) electrons. The second kappa shape index (κ2) is 8.19. The number of anilines is 1. The monoisotopic (exact) mass is 396 g/mol. The molecule has 1 fully saturated rings. The predicted octanol–water partition coefficient (Wildman–Crippen LogP) is 1.47. The second-order valence-electron chi connectivity index (χ2n) is 6.54. The van der Waals surface area contributed by atoms with Gasteiger partial charge in [0.05, 0.1) is 31.7 Å². The van der Waals surface area contributed by atoms with Gasteiger partial charge in [-0.2, -0.15) is 0 Å². The third-order valence-corrected chi connectivity index (χ3v) is 4.67. The molecule has 1 saturated heterocycles. The van der Waals surface area contributed by atoms with Crippen molar-refractivity contribution >= 4 is 17.6 Å². The highest BCUT2D eigenvalue weighted by Gasteiger charge is 2.14. The summed E-state index contributed by atoms with van der Waals surface area (Å²) in [5, 5.41) is 10.4. The van der Waals surface area contributed by atoms with Gasteiger partial charge in [0.25, 0.3) is 5.56 Å². The Bertz CT molecular complexity index is 1110. The van der Waals surface area contributed by atoms with Gasteiger partial charge < -0.3 is 19.2 Å². The lowest BCUT2D eigenvalue weighted by Crippen LogP contribution is -2.36. The maximum atomic E-state index is 12.1. The number of aromatic nitrogens is 2. The van der Waals surface area contributed by atoms with E-state index in [0.29, 0.717) is 24.7 Å². The van der Waals surface area contributed by atoms with Gasteiger partial charge in [-0.1, -0.05) is 0 Å². The van der Waals surface area contributed by atoms with E-state index in [1.165, 1.54) is 12.5 Å². The normalized spacial score (nSPS) is 14.6. The molecule has 3 aromatic rings. The van der Waals surface area contributed by atoms with Gasteiger partial charge in [0.15, 0.2) is 0 Å². The highest BCUT2D eigenvalue weighted by atomic mass is 16.5. The molecule has 0 aliphatic carbocycles. The molecule has 29 heavy (non-hydrogen) atoms. The van der Waals surface area contributed by atoms with Crippen LogP contribution < -0.4 is 16.1 Å². The quantitative estimate of drug-likeness (QED) is 0.632. The molecule has 1 aromatic carbocycles. The molecule has 0 atom stereocenters. The summed E-state index contributed by atoms with van der Waals surface area (Å²) in [6, 6.07) is 10.9. The Morgan fingerprint density at radius 2 is 1.90 bits per heavy atom. The van der Waals surface area contributed by atoms with Crippen LogP contribution in [0.25, 0.3) is 0 Å². The van der Waals surface area contributed by atoms with E-state index in [1.807, 2.05) is 24.3 Å². The fourth-order valence-corrected chi connectivity index (χ4v) is 3.11. The maximum Gasteiger partial charge on any atom is 0.331 e. The van der Waals surface area contributed by atoms with Gasteiger partial charge in [-0.15, -0.1) is 0 Å². The van der Waals surface area contributed by atoms with Gasteiger partial charge in [-0.25, -0.2) is 4.79 Å². The Morgan fingerprint density at radius 1 is 1.14 bits per heavy atom. The summed E-state index contributed by atoms with van der Waals surface area (Å²) in [6.45, 7) is 3.07. The number of benzene rings is 1. The van der Waals surface area contributed by atoms with Crippen molar-refractivity contribution in [1.29, 1.82) is 0 Å². The first-order valence-electron chi connectivity index (χ1n) is 9.17. The van der Waals surface area contributed by atoms with Gasteiger partial charge in [-0.05, 0) is 36.4 Å². The van der Waals surface area contributed by atoms with E-state index in [4.69, 9.17) is 9.15 Å². The number of aromatic hydroxyl groups is 1. The Balaban J connectivity index is 1.57. The number of hydrogen-bond acceptors (Lipinski definition) is 7. The Kier molecular flexibility index (Phi) is 5.30. The highest BCUT2D eigenvalue weighted by molar-refractivity contribution is 5.84. The number of morpholine rings is 1. The molecule has 1 aliphatic heterocycles. The summed E-state index contributed by atoms with van der Waals surface area (Å²) in [6.07, 6.45) is 2.71. The van der Waals surface area contributed by atoms with E-state index >= 15 is 0 Å². The zero-order valence-electron chi connectivity index (χ0n) is 15.6. The van der Waals surface area contributed by atoms with Crippen LogP contribution in [0.2, 0.25) is 0 Å². The van der Waals surface area contributed by atoms with Gasteiger partial charge >= 0.3 is 5.69 Å². The minimum atomic E-state index is -0.726. The van der Waals surface area contributed by atoms with Crippen molar-refractivity contribution in [3.05, 3.63) is 74.8 Å². The molecular formula is C20H20N4O5. The molecule has 2 N–H and O–H groups in total. The molecule has 2 aromatic heterocycles. The topological polar surface area (TPSA) is 113 Å². The van der Waals surface area contributed by atoms with Crippen LogP contribution in [0.1, 0.15) is 11.3 Å².